The van der Waals surface area contributed by atoms with E-state index < -0.39 is 0 Å². The number of carbonyl (C=O) groups is 1. The zero-order chi connectivity index (χ0) is 18.4. The minimum Gasteiger partial charge on any atom is -0.483 e. The summed E-state index contributed by atoms with van der Waals surface area (Å²) >= 11 is 3.45. The largest absolute Gasteiger partial charge is 0.483 e. The number of benzene rings is 2. The lowest BCUT2D eigenvalue weighted by molar-refractivity contribution is -0.123. The zero-order valence-electron chi connectivity index (χ0n) is 15.4. The fourth-order valence-electron chi connectivity index (χ4n) is 2.77. The first-order valence-corrected chi connectivity index (χ1v) is 9.26. The van der Waals surface area contributed by atoms with Crippen LogP contribution in [-0.2, 0) is 11.2 Å². The van der Waals surface area contributed by atoms with Crippen molar-refractivity contribution in [2.75, 3.05) is 13.2 Å². The molecule has 0 aliphatic rings. The number of para-hydroxylation sites is 1. The van der Waals surface area contributed by atoms with Gasteiger partial charge in [-0.1, -0.05) is 60.1 Å². The molecular weight excluding hydrogens is 378 g/mol. The molecule has 0 saturated heterocycles. The molecule has 2 rings (SSSR count). The lowest BCUT2D eigenvalue weighted by atomic mass is 9.85. The topological polar surface area (TPSA) is 38.3 Å². The van der Waals surface area contributed by atoms with Crippen LogP contribution in [0.1, 0.15) is 30.5 Å². The van der Waals surface area contributed by atoms with Crippen molar-refractivity contribution in [3.05, 3.63) is 63.6 Å². The van der Waals surface area contributed by atoms with E-state index in [1.165, 1.54) is 5.56 Å². The molecule has 4 heteroatoms. The second-order valence-corrected chi connectivity index (χ2v) is 8.17. The molecule has 0 spiro atoms. The van der Waals surface area contributed by atoms with Crippen molar-refractivity contribution in [3.8, 4) is 5.75 Å². The number of carbonyl (C=O) groups excluding carboxylic acids is 1. The van der Waals surface area contributed by atoms with E-state index in [0.717, 1.165) is 27.8 Å². The SMILES string of the molecule is Cc1cccc(C)c1OCC(=O)NCC(C)(C)Cc1ccc(Br)cc1. The van der Waals surface area contributed by atoms with Gasteiger partial charge in [-0.25, -0.2) is 0 Å². The standard InChI is InChI=1S/C21H26BrNO2/c1-15-6-5-7-16(2)20(15)25-13-19(24)23-14-21(3,4)12-17-8-10-18(22)11-9-17/h5-11H,12-14H2,1-4H3,(H,23,24). The predicted molar refractivity (Wildman–Crippen MR) is 106 cm³/mol. The van der Waals surface area contributed by atoms with E-state index in [1.807, 2.05) is 44.2 Å². The number of hydrogen-bond donors (Lipinski definition) is 1. The van der Waals surface area contributed by atoms with Gasteiger partial charge < -0.3 is 10.1 Å². The maximum atomic E-state index is 12.1. The number of ether oxygens (including phenoxy) is 1. The Balaban J connectivity index is 1.83. The Morgan fingerprint density at radius 1 is 1.08 bits per heavy atom. The highest BCUT2D eigenvalue weighted by molar-refractivity contribution is 9.10. The van der Waals surface area contributed by atoms with E-state index in [0.29, 0.717) is 6.54 Å². The smallest absolute Gasteiger partial charge is 0.257 e. The summed E-state index contributed by atoms with van der Waals surface area (Å²) < 4.78 is 6.78. The van der Waals surface area contributed by atoms with Crippen LogP contribution >= 0.6 is 15.9 Å². The zero-order valence-corrected chi connectivity index (χ0v) is 16.9. The minimum absolute atomic E-state index is 0.0257. The van der Waals surface area contributed by atoms with Crippen LogP contribution in [-0.4, -0.2) is 19.1 Å². The normalized spacial score (nSPS) is 11.2. The Labute approximate surface area is 158 Å². The molecule has 0 fully saturated rings. The van der Waals surface area contributed by atoms with Crippen molar-refractivity contribution in [1.29, 1.82) is 0 Å². The molecule has 2 aromatic carbocycles. The number of aryl methyl sites for hydroxylation is 2. The molecule has 0 radical (unpaired) electrons. The Hall–Kier alpha value is -1.81. The monoisotopic (exact) mass is 403 g/mol. The molecular formula is C21H26BrNO2. The summed E-state index contributed by atoms with van der Waals surface area (Å²) in [5.74, 6) is 0.707. The van der Waals surface area contributed by atoms with E-state index >= 15 is 0 Å². The van der Waals surface area contributed by atoms with Crippen LogP contribution in [0.4, 0.5) is 0 Å². The third-order valence-electron chi connectivity index (χ3n) is 4.12. The first kappa shape index (κ1) is 19.5. The van der Waals surface area contributed by atoms with Gasteiger partial charge in [0, 0.05) is 11.0 Å². The van der Waals surface area contributed by atoms with E-state index in [2.05, 4.69) is 47.2 Å². The van der Waals surface area contributed by atoms with Gasteiger partial charge in [-0.05, 0) is 54.5 Å². The number of nitrogens with one attached hydrogen (secondary N) is 1. The Morgan fingerprint density at radius 3 is 2.28 bits per heavy atom. The molecule has 25 heavy (non-hydrogen) atoms. The molecule has 0 atom stereocenters. The summed E-state index contributed by atoms with van der Waals surface area (Å²) in [6, 6.07) is 14.3. The van der Waals surface area contributed by atoms with E-state index in [9.17, 15) is 4.79 Å². The minimum atomic E-state index is -0.0912. The lowest BCUT2D eigenvalue weighted by Gasteiger charge is -2.25. The number of hydrogen-bond acceptors (Lipinski definition) is 2. The third-order valence-corrected chi connectivity index (χ3v) is 4.65. The summed E-state index contributed by atoms with van der Waals surface area (Å²) in [6.45, 7) is 8.94. The third kappa shape index (κ3) is 6.20. The molecule has 0 aliphatic heterocycles. The van der Waals surface area contributed by atoms with Crippen LogP contribution in [0.2, 0.25) is 0 Å². The van der Waals surface area contributed by atoms with Gasteiger partial charge in [0.1, 0.15) is 5.75 Å². The van der Waals surface area contributed by atoms with Gasteiger partial charge in [-0.15, -0.1) is 0 Å². The number of amides is 1. The molecule has 134 valence electrons. The first-order chi connectivity index (χ1) is 11.8. The Morgan fingerprint density at radius 2 is 1.68 bits per heavy atom. The van der Waals surface area contributed by atoms with Gasteiger partial charge in [-0.2, -0.15) is 0 Å². The van der Waals surface area contributed by atoms with Gasteiger partial charge in [0.25, 0.3) is 5.91 Å². The average molecular weight is 404 g/mol. The van der Waals surface area contributed by atoms with Crippen molar-refractivity contribution in [2.45, 2.75) is 34.1 Å². The van der Waals surface area contributed by atoms with Crippen molar-refractivity contribution < 1.29 is 9.53 Å². The number of halogens is 1. The van der Waals surface area contributed by atoms with Crippen molar-refractivity contribution >= 4 is 21.8 Å². The molecule has 0 aromatic heterocycles. The fourth-order valence-corrected chi connectivity index (χ4v) is 3.04. The average Bonchev–Trinajstić information content (AvgIpc) is 2.55. The lowest BCUT2D eigenvalue weighted by Crippen LogP contribution is -2.37. The molecule has 0 aliphatic carbocycles. The fraction of sp³-hybridized carbons (Fsp3) is 0.381. The maximum Gasteiger partial charge on any atom is 0.257 e. The highest BCUT2D eigenvalue weighted by Gasteiger charge is 2.20. The molecule has 3 nitrogen and oxygen atoms in total. The second kappa shape index (κ2) is 8.52. The van der Waals surface area contributed by atoms with Crippen LogP contribution in [0, 0.1) is 19.3 Å². The molecule has 0 bridgehead atoms. The van der Waals surface area contributed by atoms with Crippen LogP contribution < -0.4 is 10.1 Å². The summed E-state index contributed by atoms with van der Waals surface area (Å²) in [5.41, 5.74) is 3.32. The molecule has 2 aromatic rings. The van der Waals surface area contributed by atoms with Gasteiger partial charge in [0.2, 0.25) is 0 Å². The molecule has 0 saturated carbocycles. The van der Waals surface area contributed by atoms with Crippen LogP contribution in [0.15, 0.2) is 46.9 Å². The predicted octanol–water partition coefficient (Wildman–Crippen LogP) is 4.83. The van der Waals surface area contributed by atoms with Crippen LogP contribution in [0.3, 0.4) is 0 Å². The molecule has 1 amide bonds. The van der Waals surface area contributed by atoms with E-state index in [-0.39, 0.29) is 17.9 Å². The van der Waals surface area contributed by atoms with Gasteiger partial charge in [0.05, 0.1) is 0 Å². The summed E-state index contributed by atoms with van der Waals surface area (Å²) in [6.07, 6.45) is 0.901. The van der Waals surface area contributed by atoms with Gasteiger partial charge in [-0.3, -0.25) is 4.79 Å². The Bertz CT molecular complexity index is 703. The highest BCUT2D eigenvalue weighted by Crippen LogP contribution is 2.23. The maximum absolute atomic E-state index is 12.1. The van der Waals surface area contributed by atoms with Crippen molar-refractivity contribution in [1.82, 2.24) is 5.32 Å². The quantitative estimate of drug-likeness (QED) is 0.718. The molecule has 1 N–H and O–H groups in total. The first-order valence-electron chi connectivity index (χ1n) is 8.47. The van der Waals surface area contributed by atoms with Crippen LogP contribution in [0.5, 0.6) is 5.75 Å². The summed E-state index contributed by atoms with van der Waals surface area (Å²) in [7, 11) is 0. The van der Waals surface area contributed by atoms with Crippen LogP contribution in [0.25, 0.3) is 0 Å². The number of rotatable bonds is 7. The second-order valence-electron chi connectivity index (χ2n) is 7.25. The van der Waals surface area contributed by atoms with Gasteiger partial charge in [0.15, 0.2) is 6.61 Å². The molecule has 0 unspecified atom stereocenters. The van der Waals surface area contributed by atoms with E-state index in [1.54, 1.807) is 0 Å². The van der Waals surface area contributed by atoms with Crippen molar-refractivity contribution in [3.63, 3.8) is 0 Å². The Kier molecular flexibility index (Phi) is 6.65. The van der Waals surface area contributed by atoms with Gasteiger partial charge >= 0.3 is 0 Å². The summed E-state index contributed by atoms with van der Waals surface area (Å²) in [4.78, 5) is 12.1. The molecule has 0 heterocycles. The summed E-state index contributed by atoms with van der Waals surface area (Å²) in [5, 5.41) is 2.99. The highest BCUT2D eigenvalue weighted by atomic mass is 79.9. The van der Waals surface area contributed by atoms with E-state index in [4.69, 9.17) is 4.74 Å². The van der Waals surface area contributed by atoms with Crippen molar-refractivity contribution in [2.24, 2.45) is 5.41 Å².